The Hall–Kier alpha value is -1.42. The van der Waals surface area contributed by atoms with Crippen molar-refractivity contribution in [3.05, 3.63) is 31.5 Å². The number of aromatic amines is 2. The minimum absolute atomic E-state index is 0.0310. The van der Waals surface area contributed by atoms with E-state index in [4.69, 9.17) is 21.1 Å². The zero-order chi connectivity index (χ0) is 15.9. The summed E-state index contributed by atoms with van der Waals surface area (Å²) in [7, 11) is 0. The van der Waals surface area contributed by atoms with Crippen LogP contribution in [0.25, 0.3) is 0 Å². The van der Waals surface area contributed by atoms with Crippen molar-refractivity contribution in [3.8, 4) is 0 Å². The third kappa shape index (κ3) is 3.49. The largest absolute Gasteiger partial charge is 0.389 e. The lowest BCUT2D eigenvalue weighted by Gasteiger charge is -2.31. The van der Waals surface area contributed by atoms with Crippen LogP contribution >= 0.6 is 11.6 Å². The molecular weight excluding hydrogens is 318 g/mol. The summed E-state index contributed by atoms with van der Waals surface area (Å²) in [6.45, 7) is 0.825. The van der Waals surface area contributed by atoms with E-state index in [0.717, 1.165) is 0 Å². The number of alkyl halides is 1. The fourth-order valence-electron chi connectivity index (χ4n) is 2.44. The lowest BCUT2D eigenvalue weighted by atomic mass is 9.90. The topological polar surface area (TPSA) is 133 Å². The van der Waals surface area contributed by atoms with Crippen molar-refractivity contribution in [1.82, 2.24) is 14.5 Å². The molecule has 2 saturated heterocycles. The summed E-state index contributed by atoms with van der Waals surface area (Å²) in [5.74, 6) is 0. The SMILES string of the molecule is O=c1[nH]c(=O)n(CC(O)C(Cl)(CC2CO2)CC2CO2)c(=O)[nH]1. The molecule has 0 bridgehead atoms. The van der Waals surface area contributed by atoms with Crippen molar-refractivity contribution in [2.24, 2.45) is 0 Å². The van der Waals surface area contributed by atoms with Gasteiger partial charge in [-0.15, -0.1) is 11.6 Å². The molecule has 10 heteroatoms. The molecule has 2 fully saturated rings. The van der Waals surface area contributed by atoms with Gasteiger partial charge in [0.15, 0.2) is 0 Å². The molecule has 3 N–H and O–H groups in total. The second-order valence-electron chi connectivity index (χ2n) is 5.67. The Morgan fingerprint density at radius 1 is 1.18 bits per heavy atom. The molecule has 0 aromatic carbocycles. The molecular formula is C12H16ClN3O6. The van der Waals surface area contributed by atoms with Crippen LogP contribution in [0.3, 0.4) is 0 Å². The smallest absolute Gasteiger partial charge is 0.333 e. The maximum absolute atomic E-state index is 11.7. The number of epoxide rings is 2. The molecule has 122 valence electrons. The standard InChI is InChI=1S/C12H16ClN3O6/c13-12(1-6-4-21-6,2-7-5-22-7)8(17)3-16-10(19)14-9(18)15-11(16)20/h6-8,17H,1-5H2,(H2,14,15,18,19,20). The van der Waals surface area contributed by atoms with Crippen LogP contribution in [0.4, 0.5) is 0 Å². The third-order valence-electron chi connectivity index (χ3n) is 3.82. The van der Waals surface area contributed by atoms with E-state index >= 15 is 0 Å². The van der Waals surface area contributed by atoms with E-state index in [1.807, 2.05) is 9.97 Å². The predicted octanol–water partition coefficient (Wildman–Crippen LogP) is -1.86. The first-order valence-electron chi connectivity index (χ1n) is 6.91. The lowest BCUT2D eigenvalue weighted by Crippen LogP contribution is -2.50. The first-order chi connectivity index (χ1) is 10.4. The lowest BCUT2D eigenvalue weighted by molar-refractivity contribution is 0.0850. The first-order valence-corrected chi connectivity index (χ1v) is 7.29. The fourth-order valence-corrected chi connectivity index (χ4v) is 2.85. The maximum atomic E-state index is 11.7. The molecule has 1 aromatic rings. The molecule has 1 aromatic heterocycles. The van der Waals surface area contributed by atoms with Gasteiger partial charge < -0.3 is 14.6 Å². The van der Waals surface area contributed by atoms with Crippen LogP contribution < -0.4 is 17.1 Å². The highest BCUT2D eigenvalue weighted by Gasteiger charge is 2.46. The van der Waals surface area contributed by atoms with Gasteiger partial charge >= 0.3 is 17.1 Å². The predicted molar refractivity (Wildman–Crippen MR) is 75.2 cm³/mol. The molecule has 0 saturated carbocycles. The fraction of sp³-hybridized carbons (Fsp3) is 0.750. The van der Waals surface area contributed by atoms with E-state index < -0.39 is 28.0 Å². The van der Waals surface area contributed by atoms with E-state index in [0.29, 0.717) is 30.6 Å². The van der Waals surface area contributed by atoms with Gasteiger partial charge in [-0.3, -0.25) is 9.97 Å². The number of rotatable bonds is 7. The molecule has 0 spiro atoms. The zero-order valence-corrected chi connectivity index (χ0v) is 12.3. The minimum Gasteiger partial charge on any atom is -0.389 e. The Labute approximate surface area is 128 Å². The van der Waals surface area contributed by atoms with Crippen LogP contribution in [0.5, 0.6) is 0 Å². The van der Waals surface area contributed by atoms with Crippen LogP contribution in [0.1, 0.15) is 12.8 Å². The Kier molecular flexibility index (Phi) is 3.98. The highest BCUT2D eigenvalue weighted by molar-refractivity contribution is 6.24. The monoisotopic (exact) mass is 333 g/mol. The minimum atomic E-state index is -1.17. The maximum Gasteiger partial charge on any atom is 0.333 e. The molecule has 2 aliphatic rings. The van der Waals surface area contributed by atoms with Gasteiger partial charge in [-0.2, -0.15) is 0 Å². The summed E-state index contributed by atoms with van der Waals surface area (Å²) < 4.78 is 11.0. The summed E-state index contributed by atoms with van der Waals surface area (Å²) in [5, 5.41) is 10.4. The molecule has 0 aliphatic carbocycles. The summed E-state index contributed by atoms with van der Waals surface area (Å²) in [6.07, 6.45) is -0.447. The van der Waals surface area contributed by atoms with Gasteiger partial charge in [-0.05, 0) is 12.8 Å². The van der Waals surface area contributed by atoms with Crippen LogP contribution in [-0.2, 0) is 16.0 Å². The van der Waals surface area contributed by atoms with Crippen molar-refractivity contribution >= 4 is 11.6 Å². The molecule has 22 heavy (non-hydrogen) atoms. The van der Waals surface area contributed by atoms with Gasteiger partial charge in [-0.25, -0.2) is 19.0 Å². The summed E-state index contributed by atoms with van der Waals surface area (Å²) in [6, 6.07) is 0. The number of nitrogens with zero attached hydrogens (tertiary/aromatic N) is 1. The Morgan fingerprint density at radius 3 is 2.05 bits per heavy atom. The van der Waals surface area contributed by atoms with Gasteiger partial charge in [0.25, 0.3) is 0 Å². The number of aliphatic hydroxyl groups excluding tert-OH is 1. The van der Waals surface area contributed by atoms with Crippen molar-refractivity contribution in [3.63, 3.8) is 0 Å². The Bertz CT molecular complexity index is 668. The number of halogens is 1. The Morgan fingerprint density at radius 2 is 1.64 bits per heavy atom. The van der Waals surface area contributed by atoms with Crippen LogP contribution in [0.2, 0.25) is 0 Å². The summed E-state index contributed by atoms with van der Waals surface area (Å²) >= 11 is 6.54. The summed E-state index contributed by atoms with van der Waals surface area (Å²) in [4.78, 5) is 37.2. The average molecular weight is 334 g/mol. The molecule has 0 amide bonds. The van der Waals surface area contributed by atoms with Gasteiger partial charge in [0, 0.05) is 0 Å². The highest BCUT2D eigenvalue weighted by atomic mass is 35.5. The molecule has 3 rings (SSSR count). The molecule has 2 aliphatic heterocycles. The van der Waals surface area contributed by atoms with E-state index in [2.05, 4.69) is 0 Å². The number of H-pyrrole nitrogens is 2. The average Bonchev–Trinajstić information content (AvgIpc) is 3.30. The first kappa shape index (κ1) is 15.5. The molecule has 0 radical (unpaired) electrons. The van der Waals surface area contributed by atoms with Crippen LogP contribution in [0.15, 0.2) is 14.4 Å². The number of ether oxygens (including phenoxy) is 2. The number of aliphatic hydroxyl groups is 1. The second kappa shape index (κ2) is 5.65. The second-order valence-corrected chi connectivity index (χ2v) is 6.42. The van der Waals surface area contributed by atoms with Crippen molar-refractivity contribution in [1.29, 1.82) is 0 Å². The molecule has 3 atom stereocenters. The normalized spacial score (nSPS) is 27.2. The zero-order valence-electron chi connectivity index (χ0n) is 11.6. The molecule has 9 nitrogen and oxygen atoms in total. The number of hydrogen-bond donors (Lipinski definition) is 3. The van der Waals surface area contributed by atoms with Gasteiger partial charge in [-0.1, -0.05) is 0 Å². The van der Waals surface area contributed by atoms with Crippen molar-refractivity contribution < 1.29 is 14.6 Å². The number of nitrogens with one attached hydrogen (secondary N) is 2. The van der Waals surface area contributed by atoms with E-state index in [9.17, 15) is 19.5 Å². The van der Waals surface area contributed by atoms with Crippen LogP contribution in [0, 0.1) is 0 Å². The quantitative estimate of drug-likeness (QED) is 0.396. The van der Waals surface area contributed by atoms with Gasteiger partial charge in [0.2, 0.25) is 0 Å². The summed E-state index contributed by atoms with van der Waals surface area (Å²) in [5.41, 5.74) is -2.68. The number of aromatic nitrogens is 3. The van der Waals surface area contributed by atoms with Crippen molar-refractivity contribution in [2.45, 2.75) is 42.6 Å². The molecule has 3 heterocycles. The highest BCUT2D eigenvalue weighted by Crippen LogP contribution is 2.38. The Balaban J connectivity index is 1.81. The third-order valence-corrected chi connectivity index (χ3v) is 4.38. The van der Waals surface area contributed by atoms with E-state index in [-0.39, 0.29) is 18.8 Å². The van der Waals surface area contributed by atoms with Gasteiger partial charge in [0.05, 0.1) is 42.9 Å². The van der Waals surface area contributed by atoms with E-state index in [1.165, 1.54) is 0 Å². The van der Waals surface area contributed by atoms with Crippen molar-refractivity contribution in [2.75, 3.05) is 13.2 Å². The van der Waals surface area contributed by atoms with Crippen LogP contribution in [-0.4, -0.2) is 56.0 Å². The molecule has 3 unspecified atom stereocenters. The number of hydrogen-bond acceptors (Lipinski definition) is 6. The van der Waals surface area contributed by atoms with Gasteiger partial charge in [0.1, 0.15) is 0 Å². The van der Waals surface area contributed by atoms with E-state index in [1.54, 1.807) is 0 Å².